The van der Waals surface area contributed by atoms with Gasteiger partial charge in [0.05, 0.1) is 28.6 Å². The Balaban J connectivity index is 1.42. The van der Waals surface area contributed by atoms with E-state index in [1.165, 1.54) is 23.1 Å². The van der Waals surface area contributed by atoms with Crippen LogP contribution in [0.25, 0.3) is 32.5 Å². The van der Waals surface area contributed by atoms with Gasteiger partial charge in [0.2, 0.25) is 5.91 Å². The standard InChI is InChI=1S/C24H18N4O2S2/c1-30-16-11-12-18-17(13-16)23(28-22(25-18)15-7-3-2-4-8-15)31-14-21(29)27-24-26-19-9-5-6-10-20(19)32-24/h2-13H,14H2,1H3,(H,26,27,29). The zero-order chi connectivity index (χ0) is 21.9. The summed E-state index contributed by atoms with van der Waals surface area (Å²) in [6.45, 7) is 0. The van der Waals surface area contributed by atoms with Crippen LogP contribution in [0.5, 0.6) is 5.75 Å². The zero-order valence-corrected chi connectivity index (χ0v) is 18.7. The molecule has 0 bridgehead atoms. The Morgan fingerprint density at radius 2 is 1.78 bits per heavy atom. The molecule has 0 atom stereocenters. The van der Waals surface area contributed by atoms with Gasteiger partial charge in [-0.1, -0.05) is 65.6 Å². The van der Waals surface area contributed by atoms with Crippen molar-refractivity contribution in [1.29, 1.82) is 0 Å². The minimum absolute atomic E-state index is 0.134. The molecule has 2 aromatic heterocycles. The van der Waals surface area contributed by atoms with Crippen molar-refractivity contribution in [2.45, 2.75) is 5.03 Å². The van der Waals surface area contributed by atoms with E-state index in [9.17, 15) is 4.79 Å². The predicted molar refractivity (Wildman–Crippen MR) is 130 cm³/mol. The maximum atomic E-state index is 12.6. The fraction of sp³-hybridized carbons (Fsp3) is 0.0833. The lowest BCUT2D eigenvalue weighted by Gasteiger charge is -2.10. The molecule has 5 rings (SSSR count). The number of amides is 1. The molecule has 8 heteroatoms. The Hall–Kier alpha value is -3.49. The third-order valence-electron chi connectivity index (χ3n) is 4.78. The summed E-state index contributed by atoms with van der Waals surface area (Å²) in [6.07, 6.45) is 0. The van der Waals surface area contributed by atoms with E-state index in [1.54, 1.807) is 7.11 Å². The summed E-state index contributed by atoms with van der Waals surface area (Å²) >= 11 is 2.83. The van der Waals surface area contributed by atoms with Crippen LogP contribution in [0.3, 0.4) is 0 Å². The molecule has 0 aliphatic heterocycles. The van der Waals surface area contributed by atoms with E-state index in [1.807, 2.05) is 72.8 Å². The first-order chi connectivity index (χ1) is 15.7. The Labute approximate surface area is 192 Å². The molecule has 0 spiro atoms. The van der Waals surface area contributed by atoms with E-state index >= 15 is 0 Å². The summed E-state index contributed by atoms with van der Waals surface area (Å²) in [5.41, 5.74) is 2.60. The summed E-state index contributed by atoms with van der Waals surface area (Å²) in [5, 5.41) is 5.07. The van der Waals surface area contributed by atoms with Gasteiger partial charge in [-0.2, -0.15) is 0 Å². The van der Waals surface area contributed by atoms with Crippen LogP contribution in [0.1, 0.15) is 0 Å². The average Bonchev–Trinajstić information content (AvgIpc) is 3.24. The summed E-state index contributed by atoms with van der Waals surface area (Å²) < 4.78 is 6.41. The highest BCUT2D eigenvalue weighted by Gasteiger charge is 2.14. The van der Waals surface area contributed by atoms with Gasteiger partial charge in [0.1, 0.15) is 10.8 Å². The lowest BCUT2D eigenvalue weighted by atomic mass is 10.2. The van der Waals surface area contributed by atoms with Crippen LogP contribution in [-0.2, 0) is 4.79 Å². The van der Waals surface area contributed by atoms with E-state index < -0.39 is 0 Å². The number of fused-ring (bicyclic) bond motifs is 2. The summed E-state index contributed by atoms with van der Waals surface area (Å²) in [5.74, 6) is 1.41. The molecular weight excluding hydrogens is 440 g/mol. The van der Waals surface area contributed by atoms with Crippen molar-refractivity contribution in [3.63, 3.8) is 0 Å². The normalized spacial score (nSPS) is 11.0. The third-order valence-corrected chi connectivity index (χ3v) is 6.72. The van der Waals surface area contributed by atoms with Crippen molar-refractivity contribution in [1.82, 2.24) is 15.0 Å². The van der Waals surface area contributed by atoms with Crippen LogP contribution < -0.4 is 10.1 Å². The number of thioether (sulfide) groups is 1. The van der Waals surface area contributed by atoms with Crippen molar-refractivity contribution >= 4 is 55.3 Å². The van der Waals surface area contributed by atoms with Gasteiger partial charge in [-0.05, 0) is 30.3 Å². The van der Waals surface area contributed by atoms with Gasteiger partial charge in [-0.25, -0.2) is 15.0 Å². The number of para-hydroxylation sites is 1. The summed E-state index contributed by atoms with van der Waals surface area (Å²) in [6, 6.07) is 23.3. The average molecular weight is 459 g/mol. The molecule has 2 heterocycles. The molecule has 3 aromatic carbocycles. The van der Waals surface area contributed by atoms with Crippen LogP contribution in [0, 0.1) is 0 Å². The number of carbonyl (C=O) groups excluding carboxylic acids is 1. The van der Waals surface area contributed by atoms with E-state index in [2.05, 4.69) is 10.3 Å². The Morgan fingerprint density at radius 1 is 0.969 bits per heavy atom. The van der Waals surface area contributed by atoms with Crippen LogP contribution in [0.4, 0.5) is 5.13 Å². The van der Waals surface area contributed by atoms with Crippen LogP contribution in [0.2, 0.25) is 0 Å². The lowest BCUT2D eigenvalue weighted by molar-refractivity contribution is -0.113. The zero-order valence-electron chi connectivity index (χ0n) is 17.1. The first-order valence-electron chi connectivity index (χ1n) is 9.89. The Kier molecular flexibility index (Phi) is 5.70. The summed E-state index contributed by atoms with van der Waals surface area (Å²) in [7, 11) is 1.62. The molecule has 158 valence electrons. The second-order valence-corrected chi connectivity index (χ2v) is 8.92. The molecule has 1 amide bonds. The molecular formula is C24H18N4O2S2. The van der Waals surface area contributed by atoms with Gasteiger partial charge in [0.15, 0.2) is 11.0 Å². The second kappa shape index (κ2) is 8.94. The molecule has 6 nitrogen and oxygen atoms in total. The molecule has 0 unspecified atom stereocenters. The van der Waals surface area contributed by atoms with Crippen molar-refractivity contribution in [3.05, 3.63) is 72.8 Å². The topological polar surface area (TPSA) is 77.0 Å². The number of anilines is 1. The van der Waals surface area contributed by atoms with Crippen molar-refractivity contribution in [2.75, 3.05) is 18.2 Å². The maximum Gasteiger partial charge on any atom is 0.236 e. The number of hydrogen-bond acceptors (Lipinski definition) is 7. The van der Waals surface area contributed by atoms with E-state index in [0.29, 0.717) is 16.7 Å². The van der Waals surface area contributed by atoms with Crippen LogP contribution in [-0.4, -0.2) is 33.7 Å². The second-order valence-electron chi connectivity index (χ2n) is 6.93. The number of benzene rings is 3. The fourth-order valence-electron chi connectivity index (χ4n) is 3.25. The van der Waals surface area contributed by atoms with Crippen molar-refractivity contribution < 1.29 is 9.53 Å². The molecule has 0 radical (unpaired) electrons. The van der Waals surface area contributed by atoms with Crippen molar-refractivity contribution in [3.8, 4) is 17.1 Å². The van der Waals surface area contributed by atoms with E-state index in [0.717, 1.165) is 31.7 Å². The Bertz CT molecular complexity index is 1390. The lowest BCUT2D eigenvalue weighted by Crippen LogP contribution is -2.14. The number of thiazole rings is 1. The summed E-state index contributed by atoms with van der Waals surface area (Å²) in [4.78, 5) is 26.6. The first-order valence-corrected chi connectivity index (χ1v) is 11.7. The molecule has 0 fully saturated rings. The molecule has 32 heavy (non-hydrogen) atoms. The number of aromatic nitrogens is 3. The van der Waals surface area contributed by atoms with Crippen LogP contribution in [0.15, 0.2) is 77.8 Å². The molecule has 0 saturated heterocycles. The quantitative estimate of drug-likeness (QED) is 0.262. The van der Waals surface area contributed by atoms with Crippen molar-refractivity contribution in [2.24, 2.45) is 0 Å². The minimum Gasteiger partial charge on any atom is -0.497 e. The minimum atomic E-state index is -0.134. The van der Waals surface area contributed by atoms with Gasteiger partial charge in [-0.3, -0.25) is 4.79 Å². The number of ether oxygens (including phenoxy) is 1. The number of rotatable bonds is 6. The van der Waals surface area contributed by atoms with Gasteiger partial charge >= 0.3 is 0 Å². The van der Waals surface area contributed by atoms with E-state index in [-0.39, 0.29) is 11.7 Å². The van der Waals surface area contributed by atoms with E-state index in [4.69, 9.17) is 14.7 Å². The molecule has 0 aliphatic rings. The predicted octanol–water partition coefficient (Wildman–Crippen LogP) is 5.65. The molecule has 5 aromatic rings. The number of methoxy groups -OCH3 is 1. The largest absolute Gasteiger partial charge is 0.497 e. The van der Waals surface area contributed by atoms with Gasteiger partial charge in [0.25, 0.3) is 0 Å². The van der Waals surface area contributed by atoms with Crippen LogP contribution >= 0.6 is 23.1 Å². The molecule has 0 saturated carbocycles. The van der Waals surface area contributed by atoms with Gasteiger partial charge in [-0.15, -0.1) is 0 Å². The third kappa shape index (κ3) is 4.28. The van der Waals surface area contributed by atoms with Gasteiger partial charge in [0, 0.05) is 10.9 Å². The molecule has 1 N–H and O–H groups in total. The highest BCUT2D eigenvalue weighted by Crippen LogP contribution is 2.31. The SMILES string of the molecule is COc1ccc2nc(-c3ccccc3)nc(SCC(=O)Nc3nc4ccccc4s3)c2c1. The smallest absolute Gasteiger partial charge is 0.236 e. The van der Waals surface area contributed by atoms with Gasteiger partial charge < -0.3 is 10.1 Å². The highest BCUT2D eigenvalue weighted by molar-refractivity contribution is 8.00. The number of nitrogens with one attached hydrogen (secondary N) is 1. The number of carbonyl (C=O) groups is 1. The fourth-order valence-corrected chi connectivity index (χ4v) is 4.94. The number of nitrogens with zero attached hydrogens (tertiary/aromatic N) is 3. The molecule has 0 aliphatic carbocycles. The first kappa shape index (κ1) is 20.4. The Morgan fingerprint density at radius 3 is 2.59 bits per heavy atom. The maximum absolute atomic E-state index is 12.6. The number of hydrogen-bond donors (Lipinski definition) is 1. The monoisotopic (exact) mass is 458 g/mol. The highest BCUT2D eigenvalue weighted by atomic mass is 32.2.